The van der Waals surface area contributed by atoms with Crippen molar-refractivity contribution in [2.24, 2.45) is 11.7 Å². The van der Waals surface area contributed by atoms with Crippen molar-refractivity contribution in [3.8, 4) is 5.75 Å². The molecule has 0 aliphatic rings. The first-order chi connectivity index (χ1) is 8.62. The summed E-state index contributed by atoms with van der Waals surface area (Å²) in [4.78, 5) is 0. The average Bonchev–Trinajstić information content (AvgIpc) is 2.27. The van der Waals surface area contributed by atoms with Crippen LogP contribution in [0.25, 0.3) is 0 Å². The van der Waals surface area contributed by atoms with Gasteiger partial charge in [-0.2, -0.15) is 13.2 Å². The molecule has 106 valence electrons. The van der Waals surface area contributed by atoms with Crippen molar-refractivity contribution in [2.75, 3.05) is 0 Å². The van der Waals surface area contributed by atoms with E-state index in [-0.39, 0.29) is 23.3 Å². The molecule has 6 heteroatoms. The van der Waals surface area contributed by atoms with E-state index in [2.05, 4.69) is 0 Å². The molecule has 0 radical (unpaired) electrons. The number of rotatable bonds is 4. The molecular formula is C13H17F3N2O. The molecule has 0 heterocycles. The first kappa shape index (κ1) is 15.3. The lowest BCUT2D eigenvalue weighted by Gasteiger charge is -2.20. The minimum Gasteiger partial charge on any atom is -0.490 e. The molecule has 0 aliphatic carbocycles. The normalized spacial score (nSPS) is 13.4. The lowest BCUT2D eigenvalue weighted by atomic mass is 10.1. The summed E-state index contributed by atoms with van der Waals surface area (Å²) in [5, 5.41) is 7.36. The number of halogens is 3. The van der Waals surface area contributed by atoms with Gasteiger partial charge in [0.15, 0.2) is 0 Å². The van der Waals surface area contributed by atoms with Gasteiger partial charge in [0, 0.05) is 0 Å². The Balaban J connectivity index is 3.16. The zero-order chi connectivity index (χ0) is 14.8. The highest BCUT2D eigenvalue weighted by Gasteiger charge is 2.31. The number of ether oxygens (including phenoxy) is 1. The predicted octanol–water partition coefficient (Wildman–Crippen LogP) is 3.41. The summed E-state index contributed by atoms with van der Waals surface area (Å²) in [5.41, 5.74) is 4.43. The number of amidine groups is 1. The maximum absolute atomic E-state index is 12.6. The Hall–Kier alpha value is -1.72. The zero-order valence-electron chi connectivity index (χ0n) is 11.0. The van der Waals surface area contributed by atoms with E-state index in [1.54, 1.807) is 0 Å². The molecule has 0 fully saturated rings. The van der Waals surface area contributed by atoms with Crippen molar-refractivity contribution in [1.29, 1.82) is 5.41 Å². The molecule has 1 aromatic carbocycles. The van der Waals surface area contributed by atoms with E-state index in [1.165, 1.54) is 6.07 Å². The first-order valence-corrected chi connectivity index (χ1v) is 5.85. The largest absolute Gasteiger partial charge is 0.490 e. The Kier molecular flexibility index (Phi) is 4.44. The quantitative estimate of drug-likeness (QED) is 0.653. The molecule has 0 saturated carbocycles. The Morgan fingerprint density at radius 1 is 1.26 bits per heavy atom. The van der Waals surface area contributed by atoms with Gasteiger partial charge in [0.2, 0.25) is 0 Å². The van der Waals surface area contributed by atoms with Crippen LogP contribution in [-0.4, -0.2) is 11.9 Å². The van der Waals surface area contributed by atoms with Crippen LogP contribution in [0.1, 0.15) is 31.9 Å². The summed E-state index contributed by atoms with van der Waals surface area (Å²) in [5.74, 6) is -0.0548. The van der Waals surface area contributed by atoms with Gasteiger partial charge in [-0.3, -0.25) is 5.41 Å². The first-order valence-electron chi connectivity index (χ1n) is 5.85. The summed E-state index contributed by atoms with van der Waals surface area (Å²) in [6.07, 6.45) is -4.65. The topological polar surface area (TPSA) is 59.1 Å². The van der Waals surface area contributed by atoms with Gasteiger partial charge < -0.3 is 10.5 Å². The molecule has 0 saturated heterocycles. The highest BCUT2D eigenvalue weighted by molar-refractivity contribution is 5.97. The average molecular weight is 274 g/mol. The van der Waals surface area contributed by atoms with Crippen molar-refractivity contribution in [2.45, 2.75) is 33.1 Å². The van der Waals surface area contributed by atoms with Crippen LogP contribution in [0.2, 0.25) is 0 Å². The van der Waals surface area contributed by atoms with Gasteiger partial charge in [0.25, 0.3) is 0 Å². The smallest absolute Gasteiger partial charge is 0.416 e. The third-order valence-corrected chi connectivity index (χ3v) is 2.85. The monoisotopic (exact) mass is 274 g/mol. The van der Waals surface area contributed by atoms with Crippen LogP contribution in [-0.2, 0) is 6.18 Å². The van der Waals surface area contributed by atoms with Crippen LogP contribution in [0.15, 0.2) is 18.2 Å². The van der Waals surface area contributed by atoms with Crippen LogP contribution in [0, 0.1) is 11.3 Å². The molecule has 19 heavy (non-hydrogen) atoms. The van der Waals surface area contributed by atoms with Crippen LogP contribution < -0.4 is 10.5 Å². The van der Waals surface area contributed by atoms with E-state index >= 15 is 0 Å². The van der Waals surface area contributed by atoms with Crippen LogP contribution in [0.5, 0.6) is 5.75 Å². The van der Waals surface area contributed by atoms with Crippen molar-refractivity contribution in [3.63, 3.8) is 0 Å². The number of hydrogen-bond acceptors (Lipinski definition) is 2. The number of nitrogens with one attached hydrogen (secondary N) is 1. The number of alkyl halides is 3. The molecule has 0 amide bonds. The maximum Gasteiger partial charge on any atom is 0.416 e. The van der Waals surface area contributed by atoms with Gasteiger partial charge in [-0.05, 0) is 31.0 Å². The molecule has 0 bridgehead atoms. The Morgan fingerprint density at radius 2 is 1.84 bits per heavy atom. The second kappa shape index (κ2) is 5.50. The van der Waals surface area contributed by atoms with Gasteiger partial charge in [-0.15, -0.1) is 0 Å². The Bertz CT molecular complexity index is 469. The van der Waals surface area contributed by atoms with Crippen molar-refractivity contribution in [3.05, 3.63) is 29.3 Å². The van der Waals surface area contributed by atoms with E-state index in [0.717, 1.165) is 12.1 Å². The van der Waals surface area contributed by atoms with Crippen LogP contribution in [0.4, 0.5) is 13.2 Å². The maximum atomic E-state index is 12.6. The van der Waals surface area contributed by atoms with Crippen molar-refractivity contribution < 1.29 is 17.9 Å². The van der Waals surface area contributed by atoms with E-state index in [0.29, 0.717) is 0 Å². The molecular weight excluding hydrogens is 257 g/mol. The second-order valence-corrected chi connectivity index (χ2v) is 4.69. The predicted molar refractivity (Wildman–Crippen MR) is 67.4 cm³/mol. The van der Waals surface area contributed by atoms with E-state index in [4.69, 9.17) is 15.9 Å². The fourth-order valence-electron chi connectivity index (χ4n) is 1.36. The van der Waals surface area contributed by atoms with Crippen molar-refractivity contribution >= 4 is 5.84 Å². The van der Waals surface area contributed by atoms with Gasteiger partial charge >= 0.3 is 6.18 Å². The SMILES string of the molecule is CC(C)C(C)Oc1ccc(C(F)(F)F)cc1C(=N)N. The molecule has 1 aromatic rings. The van der Waals surface area contributed by atoms with E-state index in [9.17, 15) is 13.2 Å². The number of benzene rings is 1. The second-order valence-electron chi connectivity index (χ2n) is 4.69. The zero-order valence-corrected chi connectivity index (χ0v) is 11.0. The minimum atomic E-state index is -4.47. The lowest BCUT2D eigenvalue weighted by Crippen LogP contribution is -2.22. The number of nitrogen functional groups attached to an aromatic ring is 1. The summed E-state index contributed by atoms with van der Waals surface area (Å²) in [6.45, 7) is 5.68. The van der Waals surface area contributed by atoms with E-state index < -0.39 is 17.6 Å². The van der Waals surface area contributed by atoms with Crippen LogP contribution >= 0.6 is 0 Å². The molecule has 1 atom stereocenters. The molecule has 0 spiro atoms. The Labute approximate surface area is 110 Å². The third kappa shape index (κ3) is 3.87. The van der Waals surface area contributed by atoms with Gasteiger partial charge in [0.05, 0.1) is 17.2 Å². The van der Waals surface area contributed by atoms with E-state index in [1.807, 2.05) is 20.8 Å². The fraction of sp³-hybridized carbons (Fsp3) is 0.462. The molecule has 1 rings (SSSR count). The Morgan fingerprint density at radius 3 is 2.26 bits per heavy atom. The third-order valence-electron chi connectivity index (χ3n) is 2.85. The highest BCUT2D eigenvalue weighted by atomic mass is 19.4. The summed E-state index contributed by atoms with van der Waals surface area (Å²) in [6, 6.07) is 2.97. The highest BCUT2D eigenvalue weighted by Crippen LogP contribution is 2.33. The molecule has 3 N–H and O–H groups in total. The van der Waals surface area contributed by atoms with Gasteiger partial charge in [-0.25, -0.2) is 0 Å². The molecule has 0 aliphatic heterocycles. The molecule has 0 aromatic heterocycles. The summed E-state index contributed by atoms with van der Waals surface area (Å²) < 4.78 is 43.4. The van der Waals surface area contributed by atoms with Crippen molar-refractivity contribution in [1.82, 2.24) is 0 Å². The summed E-state index contributed by atoms with van der Waals surface area (Å²) >= 11 is 0. The van der Waals surface area contributed by atoms with Gasteiger partial charge in [-0.1, -0.05) is 13.8 Å². The van der Waals surface area contributed by atoms with Gasteiger partial charge in [0.1, 0.15) is 11.6 Å². The number of hydrogen-bond donors (Lipinski definition) is 2. The molecule has 1 unspecified atom stereocenters. The molecule has 3 nitrogen and oxygen atoms in total. The lowest BCUT2D eigenvalue weighted by molar-refractivity contribution is -0.137. The van der Waals surface area contributed by atoms with Crippen LogP contribution in [0.3, 0.4) is 0 Å². The minimum absolute atomic E-state index is 0.0395. The standard InChI is InChI=1S/C13H17F3N2O/c1-7(2)8(3)19-11-5-4-9(13(14,15)16)6-10(11)12(17)18/h4-8H,1-3H3,(H3,17,18). The number of nitrogens with two attached hydrogens (primary N) is 1. The fourth-order valence-corrected chi connectivity index (χ4v) is 1.36. The summed E-state index contributed by atoms with van der Waals surface area (Å²) in [7, 11) is 0.